The smallest absolute Gasteiger partial charge is 0.317 e. The second-order valence-electron chi connectivity index (χ2n) is 4.18. The van der Waals surface area contributed by atoms with Crippen LogP contribution in [0.15, 0.2) is 24.3 Å². The maximum atomic E-state index is 10.5. The van der Waals surface area contributed by atoms with Gasteiger partial charge in [-0.15, -0.1) is 0 Å². The van der Waals surface area contributed by atoms with E-state index < -0.39 is 5.97 Å². The van der Waals surface area contributed by atoms with E-state index in [9.17, 15) is 4.79 Å². The van der Waals surface area contributed by atoms with E-state index in [4.69, 9.17) is 16.7 Å². The summed E-state index contributed by atoms with van der Waals surface area (Å²) in [6.07, 6.45) is 0.968. The highest BCUT2D eigenvalue weighted by Gasteiger charge is 2.22. The second kappa shape index (κ2) is 5.38. The molecule has 1 saturated heterocycles. The molecule has 1 fully saturated rings. The third-order valence-electron chi connectivity index (χ3n) is 2.92. The van der Waals surface area contributed by atoms with Crippen LogP contribution >= 0.6 is 11.6 Å². The van der Waals surface area contributed by atoms with Crippen LogP contribution in [0.3, 0.4) is 0 Å². The molecule has 0 aromatic heterocycles. The Kier molecular flexibility index (Phi) is 3.86. The number of carboxylic acid groups (broad SMARTS) is 1. The number of nitrogens with one attached hydrogen (secondary N) is 1. The summed E-state index contributed by atoms with van der Waals surface area (Å²) in [6.45, 7) is 1.81. The summed E-state index contributed by atoms with van der Waals surface area (Å²) in [5.41, 5.74) is 1.13. The molecule has 0 amide bonds. The minimum Gasteiger partial charge on any atom is -0.480 e. The van der Waals surface area contributed by atoms with Crippen molar-refractivity contribution in [2.75, 3.05) is 24.5 Å². The molecule has 0 radical (unpaired) electrons. The first-order valence-corrected chi connectivity index (χ1v) is 5.98. The number of hydrogen-bond donors (Lipinski definition) is 2. The Bertz CT molecular complexity index is 394. The maximum absolute atomic E-state index is 10.5. The second-order valence-corrected chi connectivity index (χ2v) is 4.62. The Balaban J connectivity index is 1.89. The lowest BCUT2D eigenvalue weighted by Crippen LogP contribution is -2.35. The van der Waals surface area contributed by atoms with Crippen LogP contribution in [0.2, 0.25) is 5.02 Å². The minimum absolute atomic E-state index is 0.0269. The molecule has 0 bridgehead atoms. The number of carboxylic acids is 1. The molecule has 2 N–H and O–H groups in total. The summed E-state index contributed by atoms with van der Waals surface area (Å²) in [5, 5.41) is 12.4. The van der Waals surface area contributed by atoms with Gasteiger partial charge >= 0.3 is 5.97 Å². The third-order valence-corrected chi connectivity index (χ3v) is 3.17. The highest BCUT2D eigenvalue weighted by Crippen LogP contribution is 2.22. The summed E-state index contributed by atoms with van der Waals surface area (Å²) >= 11 is 5.84. The van der Waals surface area contributed by atoms with Crippen molar-refractivity contribution >= 4 is 23.3 Å². The summed E-state index contributed by atoms with van der Waals surface area (Å²) < 4.78 is 0. The molecular weight excluding hydrogens is 240 g/mol. The first-order valence-electron chi connectivity index (χ1n) is 5.61. The molecule has 1 unspecified atom stereocenters. The first kappa shape index (κ1) is 12.2. The van der Waals surface area contributed by atoms with Gasteiger partial charge in [-0.25, -0.2) is 0 Å². The molecule has 4 nitrogen and oxygen atoms in total. The van der Waals surface area contributed by atoms with Crippen LogP contribution in [0, 0.1) is 0 Å². The van der Waals surface area contributed by atoms with Crippen molar-refractivity contribution in [3.8, 4) is 0 Å². The van der Waals surface area contributed by atoms with E-state index in [1.807, 2.05) is 24.3 Å². The average molecular weight is 255 g/mol. The fourth-order valence-corrected chi connectivity index (χ4v) is 2.17. The van der Waals surface area contributed by atoms with Gasteiger partial charge in [0.05, 0.1) is 6.54 Å². The normalized spacial score (nSPS) is 19.6. The molecule has 1 heterocycles. The zero-order valence-corrected chi connectivity index (χ0v) is 10.2. The Morgan fingerprint density at radius 1 is 1.47 bits per heavy atom. The van der Waals surface area contributed by atoms with Crippen molar-refractivity contribution in [3.05, 3.63) is 29.3 Å². The van der Waals surface area contributed by atoms with Gasteiger partial charge in [0, 0.05) is 29.8 Å². The van der Waals surface area contributed by atoms with E-state index in [-0.39, 0.29) is 12.6 Å². The van der Waals surface area contributed by atoms with Crippen molar-refractivity contribution in [2.24, 2.45) is 0 Å². The molecule has 5 heteroatoms. The molecule has 92 valence electrons. The lowest BCUT2D eigenvalue weighted by molar-refractivity contribution is -0.136. The van der Waals surface area contributed by atoms with E-state index >= 15 is 0 Å². The molecule has 1 aliphatic rings. The van der Waals surface area contributed by atoms with Crippen molar-refractivity contribution in [2.45, 2.75) is 12.5 Å². The van der Waals surface area contributed by atoms with E-state index in [1.165, 1.54) is 0 Å². The lowest BCUT2D eigenvalue weighted by Gasteiger charge is -2.18. The molecule has 17 heavy (non-hydrogen) atoms. The summed E-state index contributed by atoms with van der Waals surface area (Å²) in [5.74, 6) is -0.810. The number of rotatable bonds is 4. The third kappa shape index (κ3) is 3.35. The van der Waals surface area contributed by atoms with Gasteiger partial charge in [-0.1, -0.05) is 11.6 Å². The number of aliphatic carboxylic acids is 1. The first-order chi connectivity index (χ1) is 8.15. The van der Waals surface area contributed by atoms with E-state index in [0.717, 1.165) is 30.2 Å². The van der Waals surface area contributed by atoms with Crippen LogP contribution in [-0.4, -0.2) is 36.8 Å². The molecule has 0 saturated carbocycles. The molecule has 2 rings (SSSR count). The van der Waals surface area contributed by atoms with Crippen molar-refractivity contribution in [1.82, 2.24) is 5.32 Å². The zero-order valence-electron chi connectivity index (χ0n) is 9.40. The van der Waals surface area contributed by atoms with Gasteiger partial charge in [0.2, 0.25) is 0 Å². The Morgan fingerprint density at radius 2 is 2.18 bits per heavy atom. The Labute approximate surface area is 105 Å². The van der Waals surface area contributed by atoms with Gasteiger partial charge < -0.3 is 15.3 Å². The van der Waals surface area contributed by atoms with E-state index in [0.29, 0.717) is 0 Å². The number of halogens is 1. The lowest BCUT2D eigenvalue weighted by atomic mass is 10.2. The molecule has 0 spiro atoms. The SMILES string of the molecule is O=C(O)CNC1CCN(c2ccc(Cl)cc2)C1. The number of nitrogens with zero attached hydrogens (tertiary/aromatic N) is 1. The van der Waals surface area contributed by atoms with Crippen LogP contribution in [0.25, 0.3) is 0 Å². The number of anilines is 1. The van der Waals surface area contributed by atoms with Crippen LogP contribution in [0.1, 0.15) is 6.42 Å². The van der Waals surface area contributed by atoms with E-state index in [1.54, 1.807) is 0 Å². The highest BCUT2D eigenvalue weighted by molar-refractivity contribution is 6.30. The van der Waals surface area contributed by atoms with Crippen LogP contribution < -0.4 is 10.2 Å². The molecule has 1 aromatic carbocycles. The van der Waals surface area contributed by atoms with E-state index in [2.05, 4.69) is 10.2 Å². The van der Waals surface area contributed by atoms with Gasteiger partial charge in [-0.2, -0.15) is 0 Å². The van der Waals surface area contributed by atoms with Gasteiger partial charge in [0.25, 0.3) is 0 Å². The summed E-state index contributed by atoms with van der Waals surface area (Å²) in [7, 11) is 0. The quantitative estimate of drug-likeness (QED) is 0.857. The van der Waals surface area contributed by atoms with Gasteiger partial charge in [0.15, 0.2) is 0 Å². The number of carbonyl (C=O) groups is 1. The zero-order chi connectivity index (χ0) is 12.3. The molecule has 1 atom stereocenters. The predicted molar refractivity (Wildman–Crippen MR) is 67.7 cm³/mol. The average Bonchev–Trinajstić information content (AvgIpc) is 2.76. The highest BCUT2D eigenvalue weighted by atomic mass is 35.5. The van der Waals surface area contributed by atoms with Crippen LogP contribution in [-0.2, 0) is 4.79 Å². The fraction of sp³-hybridized carbons (Fsp3) is 0.417. The minimum atomic E-state index is -0.810. The molecule has 1 aliphatic heterocycles. The van der Waals surface area contributed by atoms with Gasteiger partial charge in [0.1, 0.15) is 0 Å². The monoisotopic (exact) mass is 254 g/mol. The standard InChI is InChI=1S/C12H15ClN2O2/c13-9-1-3-11(4-2-9)15-6-5-10(8-15)14-7-12(16)17/h1-4,10,14H,5-8H2,(H,16,17). The predicted octanol–water partition coefficient (Wildman–Crippen LogP) is 1.59. The van der Waals surface area contributed by atoms with Crippen molar-refractivity contribution < 1.29 is 9.90 Å². The molecule has 0 aliphatic carbocycles. The maximum Gasteiger partial charge on any atom is 0.317 e. The Hall–Kier alpha value is -1.26. The van der Waals surface area contributed by atoms with Crippen LogP contribution in [0.5, 0.6) is 0 Å². The molecular formula is C12H15ClN2O2. The topological polar surface area (TPSA) is 52.6 Å². The Morgan fingerprint density at radius 3 is 2.82 bits per heavy atom. The van der Waals surface area contributed by atoms with Crippen LogP contribution in [0.4, 0.5) is 5.69 Å². The van der Waals surface area contributed by atoms with Gasteiger partial charge in [-0.05, 0) is 30.7 Å². The molecule has 1 aromatic rings. The largest absolute Gasteiger partial charge is 0.480 e. The number of hydrogen-bond acceptors (Lipinski definition) is 3. The van der Waals surface area contributed by atoms with Gasteiger partial charge in [-0.3, -0.25) is 4.79 Å². The number of benzene rings is 1. The van der Waals surface area contributed by atoms with Crippen molar-refractivity contribution in [1.29, 1.82) is 0 Å². The summed E-state index contributed by atoms with van der Waals surface area (Å²) in [6, 6.07) is 7.97. The summed E-state index contributed by atoms with van der Waals surface area (Å²) in [4.78, 5) is 12.7. The van der Waals surface area contributed by atoms with Crippen molar-refractivity contribution in [3.63, 3.8) is 0 Å². The fourth-order valence-electron chi connectivity index (χ4n) is 2.04.